The zero-order valence-electron chi connectivity index (χ0n) is 8.35. The molecule has 0 unspecified atom stereocenters. The molecule has 0 fully saturated rings. The number of carboxylic acid groups (broad SMARTS) is 1. The third-order valence-corrected chi connectivity index (χ3v) is 2.13. The van der Waals surface area contributed by atoms with E-state index in [-0.39, 0.29) is 31.1 Å². The second-order valence-corrected chi connectivity index (χ2v) is 3.30. The topological polar surface area (TPSA) is 90.2 Å². The minimum absolute atomic E-state index is 0.0265. The van der Waals surface area contributed by atoms with E-state index >= 15 is 0 Å². The second-order valence-electron chi connectivity index (χ2n) is 3.30. The van der Waals surface area contributed by atoms with Crippen molar-refractivity contribution in [3.05, 3.63) is 0 Å². The van der Waals surface area contributed by atoms with Crippen molar-refractivity contribution in [1.29, 1.82) is 0 Å². The highest BCUT2D eigenvalue weighted by Gasteiger charge is 2.23. The molecule has 0 aromatic heterocycles. The van der Waals surface area contributed by atoms with Gasteiger partial charge in [-0.25, -0.2) is 9.80 Å². The van der Waals surface area contributed by atoms with Crippen molar-refractivity contribution in [3.8, 4) is 0 Å². The maximum atomic E-state index is 11.3. The summed E-state index contributed by atoms with van der Waals surface area (Å²) in [5, 5.41) is 22.2. The van der Waals surface area contributed by atoms with Crippen LogP contribution >= 0.6 is 0 Å². The van der Waals surface area contributed by atoms with E-state index in [4.69, 9.17) is 10.2 Å². The molecular formula is C9H14N2O4. The predicted molar refractivity (Wildman–Crippen MR) is 52.3 cm³/mol. The third-order valence-electron chi connectivity index (χ3n) is 2.13. The Balaban J connectivity index is 2.55. The summed E-state index contributed by atoms with van der Waals surface area (Å²) in [6, 6.07) is 0. The number of hydrogen-bond donors (Lipinski definition) is 2. The molecule has 1 rings (SSSR count). The summed E-state index contributed by atoms with van der Waals surface area (Å²) in [5.41, 5.74) is 0.0265. The first kappa shape index (κ1) is 11.6. The zero-order valence-corrected chi connectivity index (χ0v) is 8.35. The van der Waals surface area contributed by atoms with Gasteiger partial charge in [0, 0.05) is 26.0 Å². The number of carbonyl (C=O) groups excluding carboxylic acids is 1. The van der Waals surface area contributed by atoms with Crippen LogP contribution in [0.3, 0.4) is 0 Å². The monoisotopic (exact) mass is 214 g/mol. The van der Waals surface area contributed by atoms with Crippen molar-refractivity contribution in [1.82, 2.24) is 5.01 Å². The van der Waals surface area contributed by atoms with Crippen LogP contribution in [0, 0.1) is 0 Å². The minimum Gasteiger partial charge on any atom is -0.477 e. The summed E-state index contributed by atoms with van der Waals surface area (Å²) in [6.07, 6.45) is 1.61. The molecule has 2 N–H and O–H groups in total. The van der Waals surface area contributed by atoms with Crippen molar-refractivity contribution >= 4 is 17.6 Å². The van der Waals surface area contributed by atoms with Gasteiger partial charge >= 0.3 is 5.97 Å². The fourth-order valence-corrected chi connectivity index (χ4v) is 1.30. The Morgan fingerprint density at radius 3 is 2.73 bits per heavy atom. The SMILES string of the molecule is O=C(O)C1=NN(CCCCO)C(=O)CC1. The number of aliphatic carboxylic acids is 1. The number of aliphatic hydroxyl groups is 1. The Kier molecular flexibility index (Phi) is 4.23. The zero-order chi connectivity index (χ0) is 11.3. The highest BCUT2D eigenvalue weighted by molar-refractivity contribution is 6.36. The van der Waals surface area contributed by atoms with Gasteiger partial charge in [0.15, 0.2) is 0 Å². The molecule has 0 spiro atoms. The quantitative estimate of drug-likeness (QED) is 0.621. The van der Waals surface area contributed by atoms with Gasteiger partial charge in [0.05, 0.1) is 0 Å². The van der Waals surface area contributed by atoms with Crippen LogP contribution in [-0.2, 0) is 9.59 Å². The Bertz CT molecular complexity index is 288. The number of hydrazone groups is 1. The molecule has 1 aliphatic rings. The van der Waals surface area contributed by atoms with E-state index in [1.807, 2.05) is 0 Å². The predicted octanol–water partition coefficient (Wildman–Crippen LogP) is -0.178. The Morgan fingerprint density at radius 1 is 1.40 bits per heavy atom. The highest BCUT2D eigenvalue weighted by Crippen LogP contribution is 2.10. The van der Waals surface area contributed by atoms with Crippen molar-refractivity contribution < 1.29 is 19.8 Å². The summed E-state index contributed by atoms with van der Waals surface area (Å²) < 4.78 is 0. The number of amides is 1. The molecule has 0 radical (unpaired) electrons. The molecule has 0 saturated carbocycles. The molecule has 1 aliphatic heterocycles. The number of hydrogen-bond acceptors (Lipinski definition) is 4. The van der Waals surface area contributed by atoms with E-state index in [1.165, 1.54) is 5.01 Å². The van der Waals surface area contributed by atoms with Crippen molar-refractivity contribution in [2.75, 3.05) is 13.2 Å². The van der Waals surface area contributed by atoms with Gasteiger partial charge in [0.2, 0.25) is 5.91 Å². The molecule has 0 aromatic carbocycles. The van der Waals surface area contributed by atoms with Gasteiger partial charge in [-0.1, -0.05) is 0 Å². The molecule has 6 heteroatoms. The van der Waals surface area contributed by atoms with Crippen LogP contribution in [-0.4, -0.2) is 46.0 Å². The normalized spacial score (nSPS) is 16.5. The number of aliphatic hydroxyl groups excluding tert-OH is 1. The molecular weight excluding hydrogens is 200 g/mol. The lowest BCUT2D eigenvalue weighted by Gasteiger charge is -2.21. The number of rotatable bonds is 5. The smallest absolute Gasteiger partial charge is 0.352 e. The van der Waals surface area contributed by atoms with Crippen LogP contribution in [0.4, 0.5) is 0 Å². The van der Waals surface area contributed by atoms with Crippen LogP contribution in [0.5, 0.6) is 0 Å². The molecule has 1 amide bonds. The molecule has 0 atom stereocenters. The number of carbonyl (C=O) groups is 2. The molecule has 0 saturated heterocycles. The maximum Gasteiger partial charge on any atom is 0.352 e. The first-order valence-electron chi connectivity index (χ1n) is 4.87. The van der Waals surface area contributed by atoms with Crippen LogP contribution in [0.25, 0.3) is 0 Å². The molecule has 1 heterocycles. The van der Waals surface area contributed by atoms with E-state index in [2.05, 4.69) is 5.10 Å². The lowest BCUT2D eigenvalue weighted by atomic mass is 10.1. The molecule has 0 aliphatic carbocycles. The highest BCUT2D eigenvalue weighted by atomic mass is 16.4. The summed E-state index contributed by atoms with van der Waals surface area (Å²) in [7, 11) is 0. The van der Waals surface area contributed by atoms with E-state index in [0.717, 1.165) is 0 Å². The second kappa shape index (κ2) is 5.45. The van der Waals surface area contributed by atoms with Crippen LogP contribution in [0.1, 0.15) is 25.7 Å². The molecule has 84 valence electrons. The Morgan fingerprint density at radius 2 is 2.13 bits per heavy atom. The van der Waals surface area contributed by atoms with Crippen molar-refractivity contribution in [2.24, 2.45) is 5.10 Å². The average Bonchev–Trinajstić information content (AvgIpc) is 2.20. The minimum atomic E-state index is -1.07. The van der Waals surface area contributed by atoms with Crippen LogP contribution in [0.15, 0.2) is 5.10 Å². The van der Waals surface area contributed by atoms with Gasteiger partial charge in [-0.15, -0.1) is 0 Å². The summed E-state index contributed by atoms with van der Waals surface area (Å²) in [4.78, 5) is 21.9. The average molecular weight is 214 g/mol. The fourth-order valence-electron chi connectivity index (χ4n) is 1.30. The van der Waals surface area contributed by atoms with Gasteiger partial charge in [0.25, 0.3) is 0 Å². The number of unbranched alkanes of at least 4 members (excludes halogenated alkanes) is 1. The molecule has 15 heavy (non-hydrogen) atoms. The number of nitrogens with zero attached hydrogens (tertiary/aromatic N) is 2. The largest absolute Gasteiger partial charge is 0.477 e. The van der Waals surface area contributed by atoms with Crippen LogP contribution in [0.2, 0.25) is 0 Å². The first-order valence-corrected chi connectivity index (χ1v) is 4.87. The van der Waals surface area contributed by atoms with Gasteiger partial charge < -0.3 is 10.2 Å². The summed E-state index contributed by atoms with van der Waals surface area (Å²) in [5.74, 6) is -1.23. The molecule has 6 nitrogen and oxygen atoms in total. The molecule has 0 bridgehead atoms. The van der Waals surface area contributed by atoms with E-state index in [1.54, 1.807) is 0 Å². The van der Waals surface area contributed by atoms with E-state index < -0.39 is 5.97 Å². The Hall–Kier alpha value is -1.43. The van der Waals surface area contributed by atoms with Gasteiger partial charge in [-0.3, -0.25) is 4.79 Å². The third kappa shape index (κ3) is 3.32. The Labute approximate surface area is 87.2 Å². The van der Waals surface area contributed by atoms with E-state index in [0.29, 0.717) is 19.4 Å². The summed E-state index contributed by atoms with van der Waals surface area (Å²) >= 11 is 0. The van der Waals surface area contributed by atoms with Gasteiger partial charge in [0.1, 0.15) is 5.71 Å². The first-order chi connectivity index (χ1) is 7.15. The summed E-state index contributed by atoms with van der Waals surface area (Å²) in [6.45, 7) is 0.438. The van der Waals surface area contributed by atoms with Crippen molar-refractivity contribution in [3.63, 3.8) is 0 Å². The standard InChI is InChI=1S/C9H14N2O4/c12-6-2-1-5-11-8(13)4-3-7(10-11)9(14)15/h12H,1-6H2,(H,14,15). The number of carboxylic acids is 1. The maximum absolute atomic E-state index is 11.3. The van der Waals surface area contributed by atoms with E-state index in [9.17, 15) is 9.59 Å². The van der Waals surface area contributed by atoms with Crippen molar-refractivity contribution in [2.45, 2.75) is 25.7 Å². The lowest BCUT2D eigenvalue weighted by molar-refractivity contribution is -0.133. The lowest BCUT2D eigenvalue weighted by Crippen LogP contribution is -2.34. The van der Waals surface area contributed by atoms with Gasteiger partial charge in [-0.2, -0.15) is 5.10 Å². The fraction of sp³-hybridized carbons (Fsp3) is 0.667. The molecule has 0 aromatic rings. The van der Waals surface area contributed by atoms with Gasteiger partial charge in [-0.05, 0) is 12.8 Å². The van der Waals surface area contributed by atoms with Crippen LogP contribution < -0.4 is 0 Å².